The summed E-state index contributed by atoms with van der Waals surface area (Å²) in [4.78, 5) is 12.6. The molecule has 1 amide bonds. The van der Waals surface area contributed by atoms with E-state index in [1.807, 2.05) is 30.3 Å². The fourth-order valence-electron chi connectivity index (χ4n) is 3.19. The number of ether oxygens (including phenoxy) is 1. The molecule has 0 spiro atoms. The molecule has 132 valence electrons. The van der Waals surface area contributed by atoms with Crippen molar-refractivity contribution >= 4 is 5.91 Å². The van der Waals surface area contributed by atoms with Crippen LogP contribution in [0.1, 0.15) is 30.9 Å². The van der Waals surface area contributed by atoms with Crippen LogP contribution in [0.15, 0.2) is 54.6 Å². The number of hydrogen-bond donors (Lipinski definition) is 2. The zero-order chi connectivity index (χ0) is 17.6. The summed E-state index contributed by atoms with van der Waals surface area (Å²) in [6.07, 6.45) is 2.39. The van der Waals surface area contributed by atoms with Crippen LogP contribution in [0, 0.1) is 11.7 Å². The van der Waals surface area contributed by atoms with E-state index in [0.717, 1.165) is 18.4 Å². The maximum Gasteiger partial charge on any atom is 0.223 e. The number of carbonyl (C=O) groups excluding carboxylic acids is 1. The van der Waals surface area contributed by atoms with Crippen molar-refractivity contribution < 1.29 is 13.9 Å². The minimum Gasteiger partial charge on any atom is -0.488 e. The molecule has 25 heavy (non-hydrogen) atoms. The Kier molecular flexibility index (Phi) is 5.66. The smallest absolute Gasteiger partial charge is 0.223 e. The van der Waals surface area contributed by atoms with Gasteiger partial charge in [-0.2, -0.15) is 0 Å². The quantitative estimate of drug-likeness (QED) is 0.847. The summed E-state index contributed by atoms with van der Waals surface area (Å²) >= 11 is 0. The lowest BCUT2D eigenvalue weighted by molar-refractivity contribution is -0.125. The van der Waals surface area contributed by atoms with Crippen molar-refractivity contribution in [1.82, 2.24) is 5.32 Å². The first-order chi connectivity index (χ1) is 12.1. The van der Waals surface area contributed by atoms with Crippen LogP contribution in [0.5, 0.6) is 5.75 Å². The molecule has 3 atom stereocenters. The summed E-state index contributed by atoms with van der Waals surface area (Å²) in [6, 6.07) is 15.6. The second-order valence-corrected chi connectivity index (χ2v) is 6.48. The van der Waals surface area contributed by atoms with Crippen LogP contribution >= 0.6 is 0 Å². The average Bonchev–Trinajstić information content (AvgIpc) is 3.07. The van der Waals surface area contributed by atoms with E-state index in [4.69, 9.17) is 10.5 Å². The Morgan fingerprint density at radius 1 is 1.16 bits per heavy atom. The van der Waals surface area contributed by atoms with Gasteiger partial charge in [-0.1, -0.05) is 42.5 Å². The monoisotopic (exact) mass is 342 g/mol. The lowest BCUT2D eigenvalue weighted by Gasteiger charge is -2.22. The second-order valence-electron chi connectivity index (χ2n) is 6.48. The molecule has 0 aliphatic heterocycles. The topological polar surface area (TPSA) is 64.4 Å². The summed E-state index contributed by atoms with van der Waals surface area (Å²) in [7, 11) is 0. The molecule has 0 heterocycles. The highest BCUT2D eigenvalue weighted by molar-refractivity contribution is 5.79. The highest BCUT2D eigenvalue weighted by Gasteiger charge is 2.29. The predicted molar refractivity (Wildman–Crippen MR) is 94.5 cm³/mol. The summed E-state index contributed by atoms with van der Waals surface area (Å²) in [5.41, 5.74) is 6.84. The number of rotatable bonds is 6. The van der Waals surface area contributed by atoms with Crippen LogP contribution in [0.2, 0.25) is 0 Å². The van der Waals surface area contributed by atoms with Gasteiger partial charge in [-0.25, -0.2) is 4.39 Å². The molecule has 4 nitrogen and oxygen atoms in total. The lowest BCUT2D eigenvalue weighted by atomic mass is 10.0. The van der Waals surface area contributed by atoms with Crippen molar-refractivity contribution in [2.45, 2.75) is 31.3 Å². The first-order valence-electron chi connectivity index (χ1n) is 8.61. The molecular formula is C20H23FN2O2. The predicted octanol–water partition coefficient (Wildman–Crippen LogP) is 3.19. The van der Waals surface area contributed by atoms with Gasteiger partial charge in [0.2, 0.25) is 5.91 Å². The third-order valence-electron chi connectivity index (χ3n) is 4.60. The molecule has 0 saturated heterocycles. The molecule has 0 radical (unpaired) electrons. The zero-order valence-corrected chi connectivity index (χ0v) is 14.0. The molecule has 3 rings (SSSR count). The van der Waals surface area contributed by atoms with Crippen LogP contribution in [-0.4, -0.2) is 18.6 Å². The minimum absolute atomic E-state index is 0.0149. The molecule has 1 fully saturated rings. The molecule has 2 aromatic rings. The molecule has 0 bridgehead atoms. The Balaban J connectivity index is 1.69. The van der Waals surface area contributed by atoms with Crippen molar-refractivity contribution in [2.75, 3.05) is 6.61 Å². The van der Waals surface area contributed by atoms with Crippen molar-refractivity contribution in [1.29, 1.82) is 0 Å². The van der Waals surface area contributed by atoms with Crippen LogP contribution < -0.4 is 15.8 Å². The number of halogens is 1. The molecule has 3 unspecified atom stereocenters. The Morgan fingerprint density at radius 2 is 1.88 bits per heavy atom. The van der Waals surface area contributed by atoms with Gasteiger partial charge in [0, 0.05) is 12.0 Å². The molecule has 2 aromatic carbocycles. The number of benzene rings is 2. The Hall–Kier alpha value is -2.40. The van der Waals surface area contributed by atoms with Gasteiger partial charge in [0.1, 0.15) is 6.61 Å². The summed E-state index contributed by atoms with van der Waals surface area (Å²) in [6.45, 7) is 0.162. The van der Waals surface area contributed by atoms with Crippen LogP contribution in [0.25, 0.3) is 0 Å². The highest BCUT2D eigenvalue weighted by Crippen LogP contribution is 2.26. The largest absolute Gasteiger partial charge is 0.488 e. The minimum atomic E-state index is -0.414. The van der Waals surface area contributed by atoms with E-state index in [1.165, 1.54) is 6.07 Å². The first-order valence-corrected chi connectivity index (χ1v) is 8.61. The van der Waals surface area contributed by atoms with Crippen LogP contribution in [-0.2, 0) is 4.79 Å². The lowest BCUT2D eigenvalue weighted by Crippen LogP contribution is -2.36. The number of para-hydroxylation sites is 1. The maximum absolute atomic E-state index is 13.8. The van der Waals surface area contributed by atoms with E-state index in [2.05, 4.69) is 5.32 Å². The normalized spacial score (nSPS) is 20.9. The van der Waals surface area contributed by atoms with Gasteiger partial charge in [0.15, 0.2) is 11.6 Å². The summed E-state index contributed by atoms with van der Waals surface area (Å²) in [5, 5.41) is 3.04. The third-order valence-corrected chi connectivity index (χ3v) is 4.60. The molecule has 5 heteroatoms. The standard InChI is InChI=1S/C20H23FN2O2/c21-17-8-4-5-9-19(17)25-13-18(14-6-2-1-3-7-14)23-20(24)15-10-11-16(22)12-15/h1-9,15-16,18H,10-13,22H2,(H,23,24). The fraction of sp³-hybridized carbons (Fsp3) is 0.350. The van der Waals surface area contributed by atoms with Crippen molar-refractivity contribution in [3.05, 3.63) is 66.0 Å². The van der Waals surface area contributed by atoms with Crippen molar-refractivity contribution in [2.24, 2.45) is 11.7 Å². The van der Waals surface area contributed by atoms with Gasteiger partial charge in [-0.05, 0) is 37.0 Å². The molecule has 1 aliphatic rings. The van der Waals surface area contributed by atoms with Gasteiger partial charge >= 0.3 is 0 Å². The van der Waals surface area contributed by atoms with E-state index in [-0.39, 0.29) is 36.3 Å². The SMILES string of the molecule is NC1CCC(C(=O)NC(COc2ccccc2F)c2ccccc2)C1. The van der Waals surface area contributed by atoms with Crippen LogP contribution in [0.4, 0.5) is 4.39 Å². The van der Waals surface area contributed by atoms with E-state index in [9.17, 15) is 9.18 Å². The van der Waals surface area contributed by atoms with Gasteiger partial charge < -0.3 is 15.8 Å². The molecule has 0 aromatic heterocycles. The Bertz CT molecular complexity index is 708. The molecule has 1 aliphatic carbocycles. The molecule has 3 N–H and O–H groups in total. The van der Waals surface area contributed by atoms with Gasteiger partial charge in [-0.3, -0.25) is 4.79 Å². The number of carbonyl (C=O) groups is 1. The maximum atomic E-state index is 13.8. The number of hydrogen-bond acceptors (Lipinski definition) is 3. The van der Waals surface area contributed by atoms with Gasteiger partial charge in [-0.15, -0.1) is 0 Å². The summed E-state index contributed by atoms with van der Waals surface area (Å²) < 4.78 is 19.4. The zero-order valence-electron chi connectivity index (χ0n) is 14.0. The average molecular weight is 342 g/mol. The van der Waals surface area contributed by atoms with Crippen LogP contribution in [0.3, 0.4) is 0 Å². The van der Waals surface area contributed by atoms with Gasteiger partial charge in [0.25, 0.3) is 0 Å². The van der Waals surface area contributed by atoms with E-state index >= 15 is 0 Å². The Morgan fingerprint density at radius 3 is 2.56 bits per heavy atom. The fourth-order valence-corrected chi connectivity index (χ4v) is 3.19. The number of nitrogens with one attached hydrogen (secondary N) is 1. The van der Waals surface area contributed by atoms with E-state index in [0.29, 0.717) is 6.42 Å². The Labute approximate surface area is 147 Å². The molecular weight excluding hydrogens is 319 g/mol. The van der Waals surface area contributed by atoms with E-state index in [1.54, 1.807) is 18.2 Å². The first kappa shape index (κ1) is 17.4. The molecule has 1 saturated carbocycles. The van der Waals surface area contributed by atoms with E-state index < -0.39 is 5.82 Å². The number of amides is 1. The highest BCUT2D eigenvalue weighted by atomic mass is 19.1. The summed E-state index contributed by atoms with van der Waals surface area (Å²) in [5.74, 6) is -0.309. The third kappa shape index (κ3) is 4.57. The second kappa shape index (κ2) is 8.12. The van der Waals surface area contributed by atoms with Crippen molar-refractivity contribution in [3.8, 4) is 5.75 Å². The van der Waals surface area contributed by atoms with Gasteiger partial charge in [0.05, 0.1) is 6.04 Å². The van der Waals surface area contributed by atoms with Crippen molar-refractivity contribution in [3.63, 3.8) is 0 Å². The number of nitrogens with two attached hydrogens (primary N) is 1.